The van der Waals surface area contributed by atoms with Gasteiger partial charge in [0.15, 0.2) is 6.29 Å². The van der Waals surface area contributed by atoms with Gasteiger partial charge in [-0.05, 0) is 76.3 Å². The van der Waals surface area contributed by atoms with Crippen LogP contribution in [-0.4, -0.2) is 55.0 Å². The van der Waals surface area contributed by atoms with E-state index < -0.39 is 6.29 Å². The monoisotopic (exact) mass is 699 g/mol. The third-order valence-electron chi connectivity index (χ3n) is 9.63. The van der Waals surface area contributed by atoms with E-state index in [1.807, 2.05) is 84.9 Å². The molecule has 2 saturated heterocycles. The van der Waals surface area contributed by atoms with Crippen molar-refractivity contribution >= 4 is 11.7 Å². The maximum Gasteiger partial charge on any atom is 0.319 e. The van der Waals surface area contributed by atoms with Crippen molar-refractivity contribution in [1.82, 2.24) is 10.2 Å². The van der Waals surface area contributed by atoms with Gasteiger partial charge in [-0.3, -0.25) is 4.90 Å². The molecule has 2 fully saturated rings. The standard InChI is InChI=1S/C43H45N3O6/c1-30-40(28-46-21-23-49-24-22-46)51-42(52-41(30)33-15-13-31(29-47)14-16-33)36-10-6-9-35(26-36)34-8-5-7-32(25-34)27-44-43(48)45-37-17-19-39(20-18-37)50-38-11-3-2-4-12-38/h2-20,25-26,30,40-42,47H,21-24,27-29H2,1H3,(H2,44,45,48)/t30-,40+,41+,42+/m0/s1. The van der Waals surface area contributed by atoms with E-state index in [0.717, 1.165) is 72.0 Å². The van der Waals surface area contributed by atoms with Gasteiger partial charge in [-0.15, -0.1) is 0 Å². The first-order chi connectivity index (χ1) is 25.5. The van der Waals surface area contributed by atoms with Crippen LogP contribution >= 0.6 is 0 Å². The number of carbonyl (C=O) groups is 1. The molecule has 0 unspecified atom stereocenters. The van der Waals surface area contributed by atoms with Crippen LogP contribution in [0.2, 0.25) is 0 Å². The number of anilines is 1. The fraction of sp³-hybridized carbons (Fsp3) is 0.279. The number of carbonyl (C=O) groups excluding carboxylic acids is 1. The van der Waals surface area contributed by atoms with Crippen molar-refractivity contribution in [3.05, 3.63) is 150 Å². The van der Waals surface area contributed by atoms with Gasteiger partial charge in [0.1, 0.15) is 11.5 Å². The van der Waals surface area contributed by atoms with Crippen LogP contribution < -0.4 is 15.4 Å². The average Bonchev–Trinajstić information content (AvgIpc) is 3.20. The molecule has 2 aliphatic heterocycles. The first kappa shape index (κ1) is 35.4. The lowest BCUT2D eigenvalue weighted by Crippen LogP contribution is -2.47. The highest BCUT2D eigenvalue weighted by Gasteiger charge is 2.39. The molecule has 0 radical (unpaired) electrons. The fourth-order valence-electron chi connectivity index (χ4n) is 6.68. The number of urea groups is 1. The van der Waals surface area contributed by atoms with E-state index in [9.17, 15) is 9.90 Å². The summed E-state index contributed by atoms with van der Waals surface area (Å²) in [6.45, 7) is 6.58. The molecular weight excluding hydrogens is 654 g/mol. The highest BCUT2D eigenvalue weighted by atomic mass is 16.7. The van der Waals surface area contributed by atoms with Crippen LogP contribution in [0.3, 0.4) is 0 Å². The minimum absolute atomic E-state index is 0.00445. The van der Waals surface area contributed by atoms with Crippen molar-refractivity contribution in [1.29, 1.82) is 0 Å². The summed E-state index contributed by atoms with van der Waals surface area (Å²) in [6, 6.07) is 41.0. The lowest BCUT2D eigenvalue weighted by atomic mass is 9.89. The van der Waals surface area contributed by atoms with Crippen molar-refractivity contribution in [3.8, 4) is 22.6 Å². The lowest BCUT2D eigenvalue weighted by molar-refractivity contribution is -0.277. The van der Waals surface area contributed by atoms with Crippen molar-refractivity contribution in [2.45, 2.75) is 38.6 Å². The summed E-state index contributed by atoms with van der Waals surface area (Å²) in [5.74, 6) is 1.55. The Balaban J connectivity index is 1.01. The van der Waals surface area contributed by atoms with E-state index >= 15 is 0 Å². The Kier molecular flexibility index (Phi) is 11.6. The zero-order valence-corrected chi connectivity index (χ0v) is 29.3. The van der Waals surface area contributed by atoms with Crippen LogP contribution in [0.15, 0.2) is 127 Å². The molecule has 0 aromatic heterocycles. The molecule has 0 spiro atoms. The number of nitrogens with one attached hydrogen (secondary N) is 2. The molecule has 4 atom stereocenters. The molecule has 268 valence electrons. The largest absolute Gasteiger partial charge is 0.457 e. The van der Waals surface area contributed by atoms with Crippen LogP contribution in [0.25, 0.3) is 11.1 Å². The summed E-state index contributed by atoms with van der Waals surface area (Å²) < 4.78 is 24.9. The molecule has 2 heterocycles. The molecule has 5 aromatic carbocycles. The number of benzene rings is 5. The summed E-state index contributed by atoms with van der Waals surface area (Å²) in [4.78, 5) is 15.2. The van der Waals surface area contributed by atoms with Gasteiger partial charge in [-0.2, -0.15) is 0 Å². The number of hydrogen-bond donors (Lipinski definition) is 3. The number of aliphatic hydroxyl groups excluding tert-OH is 1. The highest BCUT2D eigenvalue weighted by Crippen LogP contribution is 2.42. The smallest absolute Gasteiger partial charge is 0.319 e. The molecule has 0 aliphatic carbocycles. The minimum atomic E-state index is -0.558. The van der Waals surface area contributed by atoms with Crippen molar-refractivity contribution in [2.75, 3.05) is 38.2 Å². The summed E-state index contributed by atoms with van der Waals surface area (Å²) in [6.07, 6.45) is -0.788. The van der Waals surface area contributed by atoms with E-state index in [-0.39, 0.29) is 30.8 Å². The molecular formula is C43H45N3O6. The summed E-state index contributed by atoms with van der Waals surface area (Å²) >= 11 is 0. The van der Waals surface area contributed by atoms with E-state index in [1.165, 1.54) is 0 Å². The van der Waals surface area contributed by atoms with Gasteiger partial charge in [0, 0.05) is 43.3 Å². The molecule has 2 amide bonds. The maximum absolute atomic E-state index is 12.8. The molecule has 2 aliphatic rings. The van der Waals surface area contributed by atoms with Gasteiger partial charge in [0.05, 0.1) is 32.0 Å². The Morgan fingerprint density at radius 2 is 1.48 bits per heavy atom. The quantitative estimate of drug-likeness (QED) is 0.128. The Bertz CT molecular complexity index is 1900. The van der Waals surface area contributed by atoms with Gasteiger partial charge >= 0.3 is 6.03 Å². The predicted octanol–water partition coefficient (Wildman–Crippen LogP) is 8.08. The number of para-hydroxylation sites is 1. The van der Waals surface area contributed by atoms with Gasteiger partial charge in [-0.25, -0.2) is 4.79 Å². The van der Waals surface area contributed by atoms with Gasteiger partial charge < -0.3 is 34.7 Å². The first-order valence-corrected chi connectivity index (χ1v) is 17.9. The summed E-state index contributed by atoms with van der Waals surface area (Å²) in [5.41, 5.74) is 6.58. The highest BCUT2D eigenvalue weighted by molar-refractivity contribution is 5.89. The van der Waals surface area contributed by atoms with Gasteiger partial charge in [-0.1, -0.05) is 85.8 Å². The number of ether oxygens (including phenoxy) is 4. The fourth-order valence-corrected chi connectivity index (χ4v) is 6.68. The van der Waals surface area contributed by atoms with E-state index in [2.05, 4.69) is 64.9 Å². The Labute approximate surface area is 305 Å². The number of nitrogens with zero attached hydrogens (tertiary/aromatic N) is 1. The van der Waals surface area contributed by atoms with Gasteiger partial charge in [0.2, 0.25) is 0 Å². The number of aliphatic hydroxyl groups is 1. The Morgan fingerprint density at radius 3 is 2.23 bits per heavy atom. The second-order valence-electron chi connectivity index (χ2n) is 13.3. The second-order valence-corrected chi connectivity index (χ2v) is 13.3. The van der Waals surface area contributed by atoms with E-state index in [1.54, 1.807) is 0 Å². The molecule has 0 saturated carbocycles. The minimum Gasteiger partial charge on any atom is -0.457 e. The summed E-state index contributed by atoms with van der Waals surface area (Å²) in [7, 11) is 0. The SMILES string of the molecule is C[C@H]1[C@@H](CN2CCOCC2)O[C@@H](c2cccc(-c3cccc(CNC(=O)Nc4ccc(Oc5ccccc5)cc4)c3)c2)O[C@H]1c1ccc(CO)cc1. The Morgan fingerprint density at radius 1 is 0.769 bits per heavy atom. The first-order valence-electron chi connectivity index (χ1n) is 17.9. The maximum atomic E-state index is 12.8. The van der Waals surface area contributed by atoms with E-state index in [4.69, 9.17) is 18.9 Å². The van der Waals surface area contributed by atoms with Crippen molar-refractivity contribution in [2.24, 2.45) is 5.92 Å². The zero-order chi connectivity index (χ0) is 35.7. The van der Waals surface area contributed by atoms with Crippen molar-refractivity contribution < 1.29 is 28.8 Å². The second kappa shape index (κ2) is 17.0. The molecule has 9 heteroatoms. The predicted molar refractivity (Wildman–Crippen MR) is 201 cm³/mol. The van der Waals surface area contributed by atoms with Gasteiger partial charge in [0.25, 0.3) is 0 Å². The van der Waals surface area contributed by atoms with Crippen LogP contribution in [0.5, 0.6) is 11.5 Å². The lowest BCUT2D eigenvalue weighted by Gasteiger charge is -2.43. The molecule has 0 bridgehead atoms. The zero-order valence-electron chi connectivity index (χ0n) is 29.3. The van der Waals surface area contributed by atoms with Crippen LogP contribution in [0.1, 0.15) is 41.6 Å². The average molecular weight is 700 g/mol. The molecule has 5 aromatic rings. The number of rotatable bonds is 11. The Hall–Kier alpha value is -5.03. The van der Waals surface area contributed by atoms with Crippen LogP contribution in [-0.2, 0) is 27.4 Å². The molecule has 7 rings (SSSR count). The van der Waals surface area contributed by atoms with E-state index in [0.29, 0.717) is 18.0 Å². The third-order valence-corrected chi connectivity index (χ3v) is 9.63. The number of amides is 2. The van der Waals surface area contributed by atoms with Crippen LogP contribution in [0.4, 0.5) is 10.5 Å². The molecule has 3 N–H and O–H groups in total. The van der Waals surface area contributed by atoms with Crippen LogP contribution in [0, 0.1) is 5.92 Å². The van der Waals surface area contributed by atoms with Crippen molar-refractivity contribution in [3.63, 3.8) is 0 Å². The number of hydrogen-bond acceptors (Lipinski definition) is 7. The topological polar surface area (TPSA) is 102 Å². The normalized spacial score (nSPS) is 20.6. The molecule has 52 heavy (non-hydrogen) atoms. The number of morpholine rings is 1. The summed E-state index contributed by atoms with van der Waals surface area (Å²) in [5, 5.41) is 15.5. The molecule has 9 nitrogen and oxygen atoms in total. The third kappa shape index (κ3) is 9.06.